The number of anilines is 1. The Kier molecular flexibility index (Phi) is 5.31. The van der Waals surface area contributed by atoms with Gasteiger partial charge in [0.25, 0.3) is 0 Å². The molecule has 1 unspecified atom stereocenters. The van der Waals surface area contributed by atoms with Crippen molar-refractivity contribution in [3.8, 4) is 0 Å². The van der Waals surface area contributed by atoms with E-state index >= 15 is 0 Å². The van der Waals surface area contributed by atoms with Gasteiger partial charge in [-0.1, -0.05) is 40.2 Å². The second kappa shape index (κ2) is 6.99. The SMILES string of the molecule is CC(=O)Nc1nc(CCc2ccc(C(C)Br)cc2)cs1. The summed E-state index contributed by atoms with van der Waals surface area (Å²) in [6.07, 6.45) is 1.85. The molecule has 0 bridgehead atoms. The second-order valence-corrected chi connectivity index (χ2v) is 6.91. The predicted octanol–water partition coefficient (Wildman–Crippen LogP) is 4.34. The molecule has 1 amide bonds. The van der Waals surface area contributed by atoms with Gasteiger partial charge >= 0.3 is 0 Å². The van der Waals surface area contributed by atoms with E-state index in [1.165, 1.54) is 29.4 Å². The van der Waals surface area contributed by atoms with Gasteiger partial charge in [-0.15, -0.1) is 11.3 Å². The molecule has 0 saturated carbocycles. The van der Waals surface area contributed by atoms with E-state index in [-0.39, 0.29) is 5.91 Å². The van der Waals surface area contributed by atoms with Crippen LogP contribution in [0.4, 0.5) is 5.13 Å². The third-order valence-corrected chi connectivity index (χ3v) is 4.28. The molecule has 0 aliphatic heterocycles. The third-order valence-electron chi connectivity index (χ3n) is 2.94. The van der Waals surface area contributed by atoms with Crippen LogP contribution in [0.2, 0.25) is 0 Å². The van der Waals surface area contributed by atoms with E-state index in [2.05, 4.69) is 57.4 Å². The van der Waals surface area contributed by atoms with Gasteiger partial charge in [0.15, 0.2) is 5.13 Å². The third kappa shape index (κ3) is 4.42. The summed E-state index contributed by atoms with van der Waals surface area (Å²) in [7, 11) is 0. The first-order valence-corrected chi connectivity index (χ1v) is 8.29. The van der Waals surface area contributed by atoms with Gasteiger partial charge in [0.1, 0.15) is 0 Å². The lowest BCUT2D eigenvalue weighted by Gasteiger charge is -2.05. The van der Waals surface area contributed by atoms with Crippen molar-refractivity contribution in [3.05, 3.63) is 46.5 Å². The normalized spacial score (nSPS) is 12.2. The zero-order valence-electron chi connectivity index (χ0n) is 11.5. The summed E-state index contributed by atoms with van der Waals surface area (Å²) < 4.78 is 0. The van der Waals surface area contributed by atoms with E-state index in [9.17, 15) is 4.79 Å². The van der Waals surface area contributed by atoms with Crippen molar-refractivity contribution in [2.75, 3.05) is 5.32 Å². The molecule has 1 heterocycles. The Balaban J connectivity index is 1.91. The smallest absolute Gasteiger partial charge is 0.223 e. The highest BCUT2D eigenvalue weighted by molar-refractivity contribution is 9.09. The van der Waals surface area contributed by atoms with Crippen LogP contribution in [-0.4, -0.2) is 10.9 Å². The lowest BCUT2D eigenvalue weighted by atomic mass is 10.1. The Hall–Kier alpha value is -1.20. The monoisotopic (exact) mass is 352 g/mol. The fourth-order valence-corrected chi connectivity index (χ4v) is 2.95. The van der Waals surface area contributed by atoms with Crippen LogP contribution in [0.5, 0.6) is 0 Å². The van der Waals surface area contributed by atoms with Gasteiger partial charge in [-0.25, -0.2) is 4.98 Å². The number of thiazole rings is 1. The molecule has 106 valence electrons. The lowest BCUT2D eigenvalue weighted by Crippen LogP contribution is -2.05. The Morgan fingerprint density at radius 1 is 1.35 bits per heavy atom. The second-order valence-electron chi connectivity index (χ2n) is 4.68. The van der Waals surface area contributed by atoms with Gasteiger partial charge in [0.2, 0.25) is 5.91 Å². The number of aromatic nitrogens is 1. The molecule has 3 nitrogen and oxygen atoms in total. The Bertz CT molecular complexity index is 578. The van der Waals surface area contributed by atoms with E-state index in [4.69, 9.17) is 0 Å². The number of nitrogens with zero attached hydrogens (tertiary/aromatic N) is 1. The van der Waals surface area contributed by atoms with Crippen LogP contribution in [0, 0.1) is 0 Å². The van der Waals surface area contributed by atoms with Gasteiger partial charge in [-0.05, 0) is 30.9 Å². The number of hydrogen-bond donors (Lipinski definition) is 1. The highest BCUT2D eigenvalue weighted by Crippen LogP contribution is 2.22. The van der Waals surface area contributed by atoms with Gasteiger partial charge in [-0.3, -0.25) is 4.79 Å². The highest BCUT2D eigenvalue weighted by Gasteiger charge is 2.05. The fraction of sp³-hybridized carbons (Fsp3) is 0.333. The van der Waals surface area contributed by atoms with E-state index in [0.717, 1.165) is 18.5 Å². The molecule has 0 radical (unpaired) electrons. The van der Waals surface area contributed by atoms with Crippen molar-refractivity contribution in [1.82, 2.24) is 4.98 Å². The highest BCUT2D eigenvalue weighted by atomic mass is 79.9. The molecular formula is C15H17BrN2OS. The van der Waals surface area contributed by atoms with E-state index in [1.807, 2.05) is 5.38 Å². The standard InChI is InChI=1S/C15H17BrN2OS/c1-10(16)13-6-3-12(4-7-13)5-8-14-9-20-15(18-14)17-11(2)19/h3-4,6-7,9-10H,5,8H2,1-2H3,(H,17,18,19). The Labute approximate surface area is 131 Å². The van der Waals surface area contributed by atoms with Crippen LogP contribution in [0.1, 0.15) is 35.5 Å². The number of benzene rings is 1. The molecule has 2 aromatic rings. The van der Waals surface area contributed by atoms with Gasteiger partial charge in [0, 0.05) is 17.1 Å². The Morgan fingerprint density at radius 3 is 2.65 bits per heavy atom. The van der Waals surface area contributed by atoms with Crippen molar-refractivity contribution in [2.24, 2.45) is 0 Å². The minimum atomic E-state index is -0.0784. The van der Waals surface area contributed by atoms with Crippen molar-refractivity contribution in [2.45, 2.75) is 31.5 Å². The molecule has 1 N–H and O–H groups in total. The molecular weight excluding hydrogens is 336 g/mol. The predicted molar refractivity (Wildman–Crippen MR) is 87.6 cm³/mol. The number of carbonyl (C=O) groups excluding carboxylic acids is 1. The van der Waals surface area contributed by atoms with Gasteiger partial charge in [0.05, 0.1) is 5.69 Å². The average Bonchev–Trinajstić information content (AvgIpc) is 2.83. The number of rotatable bonds is 5. The molecule has 0 saturated heterocycles. The molecule has 0 aliphatic rings. The first-order chi connectivity index (χ1) is 9.54. The molecule has 1 aromatic carbocycles. The number of aryl methyl sites for hydroxylation is 2. The van der Waals surface area contributed by atoms with E-state index in [1.54, 1.807) is 0 Å². The van der Waals surface area contributed by atoms with Crippen LogP contribution >= 0.6 is 27.3 Å². The molecule has 5 heteroatoms. The quantitative estimate of drug-likeness (QED) is 0.813. The molecule has 1 atom stereocenters. The zero-order valence-corrected chi connectivity index (χ0v) is 13.9. The van der Waals surface area contributed by atoms with Gasteiger partial charge < -0.3 is 5.32 Å². The van der Waals surface area contributed by atoms with E-state index < -0.39 is 0 Å². The first-order valence-electron chi connectivity index (χ1n) is 6.49. The van der Waals surface area contributed by atoms with E-state index in [0.29, 0.717) is 9.96 Å². The summed E-state index contributed by atoms with van der Waals surface area (Å²) in [5.74, 6) is -0.0784. The maximum absolute atomic E-state index is 10.9. The molecule has 0 spiro atoms. The summed E-state index contributed by atoms with van der Waals surface area (Å²) in [6, 6.07) is 8.62. The first kappa shape index (κ1) is 15.2. The summed E-state index contributed by atoms with van der Waals surface area (Å²) in [6.45, 7) is 3.61. The number of halogens is 1. The van der Waals surface area contributed by atoms with Gasteiger partial charge in [-0.2, -0.15) is 0 Å². The Morgan fingerprint density at radius 2 is 2.05 bits per heavy atom. The summed E-state index contributed by atoms with van der Waals surface area (Å²) in [5, 5.41) is 5.38. The maximum Gasteiger partial charge on any atom is 0.223 e. The van der Waals surface area contributed by atoms with Crippen molar-refractivity contribution in [3.63, 3.8) is 0 Å². The van der Waals surface area contributed by atoms with Crippen LogP contribution in [0.15, 0.2) is 29.6 Å². The number of carbonyl (C=O) groups is 1. The van der Waals surface area contributed by atoms with Crippen LogP contribution in [-0.2, 0) is 17.6 Å². The maximum atomic E-state index is 10.9. The number of nitrogens with one attached hydrogen (secondary N) is 1. The molecule has 0 aliphatic carbocycles. The molecule has 20 heavy (non-hydrogen) atoms. The number of amides is 1. The topological polar surface area (TPSA) is 42.0 Å². The summed E-state index contributed by atoms with van der Waals surface area (Å²) in [5.41, 5.74) is 3.61. The van der Waals surface area contributed by atoms with Crippen LogP contribution in [0.3, 0.4) is 0 Å². The fourth-order valence-electron chi connectivity index (χ4n) is 1.85. The van der Waals surface area contributed by atoms with Crippen molar-refractivity contribution >= 4 is 38.3 Å². The molecule has 0 fully saturated rings. The number of hydrogen-bond acceptors (Lipinski definition) is 3. The zero-order chi connectivity index (χ0) is 14.5. The lowest BCUT2D eigenvalue weighted by molar-refractivity contribution is -0.114. The summed E-state index contributed by atoms with van der Waals surface area (Å²) in [4.78, 5) is 15.7. The minimum absolute atomic E-state index is 0.0784. The van der Waals surface area contributed by atoms with Crippen molar-refractivity contribution in [1.29, 1.82) is 0 Å². The van der Waals surface area contributed by atoms with Crippen LogP contribution < -0.4 is 5.32 Å². The largest absolute Gasteiger partial charge is 0.302 e. The van der Waals surface area contributed by atoms with Crippen LogP contribution in [0.25, 0.3) is 0 Å². The minimum Gasteiger partial charge on any atom is -0.302 e. The summed E-state index contributed by atoms with van der Waals surface area (Å²) >= 11 is 5.03. The number of alkyl halides is 1. The average molecular weight is 353 g/mol. The van der Waals surface area contributed by atoms with Crippen molar-refractivity contribution < 1.29 is 4.79 Å². The molecule has 1 aromatic heterocycles. The molecule has 2 rings (SSSR count).